The summed E-state index contributed by atoms with van der Waals surface area (Å²) in [5.41, 5.74) is 1.61. The number of nitrogens with one attached hydrogen (secondary N) is 1. The zero-order valence-electron chi connectivity index (χ0n) is 17.1. The van der Waals surface area contributed by atoms with E-state index in [-0.39, 0.29) is 22.4 Å². The first-order valence-electron chi connectivity index (χ1n) is 9.42. The van der Waals surface area contributed by atoms with Crippen LogP contribution in [0.2, 0.25) is 0 Å². The number of halogens is 2. The van der Waals surface area contributed by atoms with Gasteiger partial charge in [0.1, 0.15) is 17.3 Å². The van der Waals surface area contributed by atoms with Gasteiger partial charge in [-0.3, -0.25) is 4.57 Å². The van der Waals surface area contributed by atoms with Crippen molar-refractivity contribution in [3.05, 3.63) is 71.3 Å². The maximum atomic E-state index is 14.7. The lowest BCUT2D eigenvalue weighted by atomic mass is 10.0. The van der Waals surface area contributed by atoms with E-state index in [2.05, 4.69) is 0 Å². The van der Waals surface area contributed by atoms with Gasteiger partial charge in [0, 0.05) is 11.6 Å². The second kappa shape index (κ2) is 9.16. The van der Waals surface area contributed by atoms with Crippen molar-refractivity contribution in [3.8, 4) is 28.4 Å². The summed E-state index contributed by atoms with van der Waals surface area (Å²) in [6, 6.07) is 11.2. The lowest BCUT2D eigenvalue weighted by Crippen LogP contribution is -2.16. The van der Waals surface area contributed by atoms with Crippen LogP contribution in [0.5, 0.6) is 17.2 Å². The van der Waals surface area contributed by atoms with Crippen LogP contribution in [-0.2, 0) is 4.57 Å². The maximum Gasteiger partial charge on any atom is 0.319 e. The van der Waals surface area contributed by atoms with E-state index < -0.39 is 19.2 Å². The van der Waals surface area contributed by atoms with Crippen molar-refractivity contribution >= 4 is 12.8 Å². The molecule has 0 bridgehead atoms. The number of ether oxygens (including phenoxy) is 2. The van der Waals surface area contributed by atoms with Crippen LogP contribution in [0.1, 0.15) is 18.1 Å². The van der Waals surface area contributed by atoms with Crippen molar-refractivity contribution in [2.24, 2.45) is 0 Å². The standard InChI is InChI=1S/C22H22F2NO5P/c1-4-29-21-8-5-15(11-20(21)24)18-7-6-16(12-19(18)23)30-22-13(2)9-17(10-14(22)3)31(27,28)25-26/h5-12,26H,4H2,1-3H3,(H2,25,27,28). The van der Waals surface area contributed by atoms with Crippen molar-refractivity contribution < 1.29 is 32.9 Å². The topological polar surface area (TPSA) is 88.0 Å². The number of rotatable bonds is 7. The normalized spacial score (nSPS) is 13.0. The van der Waals surface area contributed by atoms with E-state index in [0.717, 1.165) is 0 Å². The third kappa shape index (κ3) is 4.94. The Morgan fingerprint density at radius 3 is 2.23 bits per heavy atom. The summed E-state index contributed by atoms with van der Waals surface area (Å²) in [5, 5.41) is 10.3. The molecule has 0 aromatic heterocycles. The van der Waals surface area contributed by atoms with Crippen molar-refractivity contribution in [2.45, 2.75) is 20.8 Å². The lowest BCUT2D eigenvalue weighted by molar-refractivity contribution is 0.226. The van der Waals surface area contributed by atoms with E-state index in [1.807, 2.05) is 0 Å². The molecule has 3 rings (SSSR count). The zero-order valence-corrected chi connectivity index (χ0v) is 18.0. The number of benzene rings is 3. The Balaban J connectivity index is 1.89. The molecule has 1 atom stereocenters. The summed E-state index contributed by atoms with van der Waals surface area (Å²) in [6.07, 6.45) is 0. The van der Waals surface area contributed by atoms with Crippen LogP contribution < -0.4 is 20.0 Å². The Hall–Kier alpha value is -2.77. The first-order valence-corrected chi connectivity index (χ1v) is 11.1. The molecule has 0 heterocycles. The minimum absolute atomic E-state index is 0.0106. The van der Waals surface area contributed by atoms with Crippen LogP contribution in [0.4, 0.5) is 8.78 Å². The Bertz CT molecular complexity index is 1150. The first-order chi connectivity index (χ1) is 14.7. The quantitative estimate of drug-likeness (QED) is 0.338. The largest absolute Gasteiger partial charge is 0.491 e. The fraction of sp³-hybridized carbons (Fsp3) is 0.182. The van der Waals surface area contributed by atoms with Crippen LogP contribution in [0.3, 0.4) is 0 Å². The lowest BCUT2D eigenvalue weighted by Gasteiger charge is -2.16. The van der Waals surface area contributed by atoms with E-state index in [1.165, 1.54) is 41.6 Å². The van der Waals surface area contributed by atoms with Crippen molar-refractivity contribution in [2.75, 3.05) is 6.61 Å². The van der Waals surface area contributed by atoms with Crippen LogP contribution in [0.15, 0.2) is 48.5 Å². The molecule has 0 aliphatic rings. The molecule has 0 spiro atoms. The molecule has 9 heteroatoms. The molecule has 3 aromatic rings. The Morgan fingerprint density at radius 2 is 1.68 bits per heavy atom. The predicted octanol–water partition coefficient (Wildman–Crippen LogP) is 5.23. The monoisotopic (exact) mass is 449 g/mol. The van der Waals surface area contributed by atoms with Crippen molar-refractivity contribution in [1.82, 2.24) is 5.25 Å². The molecule has 6 nitrogen and oxygen atoms in total. The van der Waals surface area contributed by atoms with Gasteiger partial charge in [0.15, 0.2) is 11.6 Å². The second-order valence-electron chi connectivity index (χ2n) is 6.91. The smallest absolute Gasteiger partial charge is 0.319 e. The number of hydrogen-bond donors (Lipinski definition) is 3. The van der Waals surface area contributed by atoms with Gasteiger partial charge in [0.2, 0.25) is 0 Å². The highest BCUT2D eigenvalue weighted by molar-refractivity contribution is 7.63. The third-order valence-electron chi connectivity index (χ3n) is 4.63. The number of aryl methyl sites for hydroxylation is 2. The van der Waals surface area contributed by atoms with Gasteiger partial charge < -0.3 is 19.6 Å². The summed E-state index contributed by atoms with van der Waals surface area (Å²) in [7, 11) is -4.09. The zero-order chi connectivity index (χ0) is 22.8. The average Bonchev–Trinajstić information content (AvgIpc) is 2.72. The molecule has 31 heavy (non-hydrogen) atoms. The minimum Gasteiger partial charge on any atom is -0.491 e. The molecule has 0 fully saturated rings. The SMILES string of the molecule is CCOc1ccc(-c2ccc(Oc3c(C)cc(P(=O)(O)NO)cc3C)cc2F)cc1F. The second-order valence-corrected chi connectivity index (χ2v) is 8.78. The Labute approximate surface area is 178 Å². The van der Waals surface area contributed by atoms with Crippen LogP contribution in [0.25, 0.3) is 11.1 Å². The molecular formula is C22H22F2NO5P. The van der Waals surface area contributed by atoms with Crippen molar-refractivity contribution in [3.63, 3.8) is 0 Å². The fourth-order valence-corrected chi connectivity index (χ4v) is 4.03. The predicted molar refractivity (Wildman–Crippen MR) is 113 cm³/mol. The average molecular weight is 449 g/mol. The van der Waals surface area contributed by atoms with Gasteiger partial charge in [-0.1, -0.05) is 6.07 Å². The summed E-state index contributed by atoms with van der Waals surface area (Å²) in [6.45, 7) is 5.39. The summed E-state index contributed by atoms with van der Waals surface area (Å²) >= 11 is 0. The summed E-state index contributed by atoms with van der Waals surface area (Å²) < 4.78 is 51.8. The highest BCUT2D eigenvalue weighted by Gasteiger charge is 2.22. The molecule has 164 valence electrons. The summed E-state index contributed by atoms with van der Waals surface area (Å²) in [5.74, 6) is -0.480. The first kappa shape index (κ1) is 22.9. The summed E-state index contributed by atoms with van der Waals surface area (Å²) in [4.78, 5) is 9.74. The maximum absolute atomic E-state index is 14.7. The van der Waals surface area contributed by atoms with Crippen LogP contribution >= 0.6 is 7.52 Å². The van der Waals surface area contributed by atoms with Gasteiger partial charge >= 0.3 is 7.52 Å². The van der Waals surface area contributed by atoms with Gasteiger partial charge in [0.25, 0.3) is 0 Å². The van der Waals surface area contributed by atoms with Gasteiger partial charge in [-0.05, 0) is 73.9 Å². The van der Waals surface area contributed by atoms with Gasteiger partial charge in [-0.15, -0.1) is 5.25 Å². The van der Waals surface area contributed by atoms with Crippen LogP contribution in [0, 0.1) is 25.5 Å². The third-order valence-corrected chi connectivity index (χ3v) is 5.86. The Kier molecular flexibility index (Phi) is 6.77. The van der Waals surface area contributed by atoms with E-state index in [4.69, 9.17) is 14.7 Å². The molecule has 0 amide bonds. The molecule has 3 N–H and O–H groups in total. The Morgan fingerprint density at radius 1 is 1.00 bits per heavy atom. The minimum atomic E-state index is -4.09. The molecule has 0 aliphatic heterocycles. The number of hydrogen-bond acceptors (Lipinski definition) is 4. The van der Waals surface area contributed by atoms with E-state index in [1.54, 1.807) is 32.9 Å². The van der Waals surface area contributed by atoms with Gasteiger partial charge in [0.05, 0.1) is 11.9 Å². The van der Waals surface area contributed by atoms with E-state index >= 15 is 0 Å². The van der Waals surface area contributed by atoms with Crippen LogP contribution in [-0.4, -0.2) is 16.7 Å². The van der Waals surface area contributed by atoms with Gasteiger partial charge in [-0.25, -0.2) is 8.78 Å². The molecule has 1 unspecified atom stereocenters. The van der Waals surface area contributed by atoms with Crippen molar-refractivity contribution in [1.29, 1.82) is 0 Å². The van der Waals surface area contributed by atoms with Gasteiger partial charge in [-0.2, -0.15) is 0 Å². The highest BCUT2D eigenvalue weighted by atomic mass is 31.2. The fourth-order valence-electron chi connectivity index (χ4n) is 3.17. The highest BCUT2D eigenvalue weighted by Crippen LogP contribution is 2.38. The molecule has 0 radical (unpaired) electrons. The van der Waals surface area contributed by atoms with E-state index in [9.17, 15) is 18.2 Å². The molecule has 0 saturated heterocycles. The molecule has 0 saturated carbocycles. The van der Waals surface area contributed by atoms with E-state index in [0.29, 0.717) is 29.0 Å². The molecule has 0 aliphatic carbocycles. The molecule has 3 aromatic carbocycles. The molecular weight excluding hydrogens is 427 g/mol.